The molecule has 0 saturated carbocycles. The van der Waals surface area contributed by atoms with Gasteiger partial charge in [0.15, 0.2) is 14.1 Å². The maximum absolute atomic E-state index is 12.4. The molecule has 3 nitrogen and oxygen atoms in total. The van der Waals surface area contributed by atoms with E-state index in [1.54, 1.807) is 0 Å². The van der Waals surface area contributed by atoms with Gasteiger partial charge in [-0.05, 0) is 50.5 Å². The first kappa shape index (κ1) is 20.1. The SMILES string of the molecule is CCC(C)CCc1cccc(C(=O)CCN(C)C[Si](C)(C)O)c1. The number of hydrogen-bond donors (Lipinski definition) is 1. The predicted octanol–water partition coefficient (Wildman–Crippen LogP) is 3.91. The number of aryl methyl sites for hydroxylation is 1. The van der Waals surface area contributed by atoms with Crippen molar-refractivity contribution in [2.45, 2.75) is 52.6 Å². The van der Waals surface area contributed by atoms with E-state index in [9.17, 15) is 9.59 Å². The molecule has 0 aromatic heterocycles. The Labute approximate surface area is 142 Å². The van der Waals surface area contributed by atoms with Crippen molar-refractivity contribution in [1.29, 1.82) is 0 Å². The van der Waals surface area contributed by atoms with Crippen molar-refractivity contribution in [3.05, 3.63) is 35.4 Å². The molecule has 1 N–H and O–H groups in total. The molecule has 0 aliphatic rings. The first-order valence-corrected chi connectivity index (χ1v) is 11.9. The zero-order valence-electron chi connectivity index (χ0n) is 15.4. The first-order valence-electron chi connectivity index (χ1n) is 8.74. The van der Waals surface area contributed by atoms with Crippen molar-refractivity contribution in [3.8, 4) is 0 Å². The molecule has 23 heavy (non-hydrogen) atoms. The van der Waals surface area contributed by atoms with Crippen LogP contribution in [0.3, 0.4) is 0 Å². The van der Waals surface area contributed by atoms with E-state index in [2.05, 4.69) is 30.9 Å². The molecule has 1 unspecified atom stereocenters. The summed E-state index contributed by atoms with van der Waals surface area (Å²) in [5, 5.41) is 0. The van der Waals surface area contributed by atoms with Crippen LogP contribution in [0.5, 0.6) is 0 Å². The summed E-state index contributed by atoms with van der Waals surface area (Å²) >= 11 is 0. The van der Waals surface area contributed by atoms with Crippen molar-refractivity contribution in [3.63, 3.8) is 0 Å². The molecule has 0 amide bonds. The van der Waals surface area contributed by atoms with E-state index < -0.39 is 8.32 Å². The molecular formula is C19H33NO2Si. The van der Waals surface area contributed by atoms with Gasteiger partial charge in [-0.3, -0.25) is 4.79 Å². The summed E-state index contributed by atoms with van der Waals surface area (Å²) in [6.45, 7) is 9.04. The van der Waals surface area contributed by atoms with E-state index in [4.69, 9.17) is 0 Å². The highest BCUT2D eigenvalue weighted by Crippen LogP contribution is 2.15. The monoisotopic (exact) mass is 335 g/mol. The number of Topliss-reactive ketones (excluding diaryl/α,β-unsaturated/α-hetero) is 1. The largest absolute Gasteiger partial charge is 0.431 e. The Bertz CT molecular complexity index is 496. The number of carbonyl (C=O) groups excluding carboxylic acids is 1. The van der Waals surface area contributed by atoms with E-state index >= 15 is 0 Å². The molecule has 1 aromatic carbocycles. The molecule has 0 spiro atoms. The lowest BCUT2D eigenvalue weighted by molar-refractivity contribution is 0.0970. The quantitative estimate of drug-likeness (QED) is 0.520. The van der Waals surface area contributed by atoms with E-state index in [1.807, 2.05) is 32.3 Å². The van der Waals surface area contributed by atoms with Gasteiger partial charge in [-0.1, -0.05) is 38.5 Å². The fourth-order valence-electron chi connectivity index (χ4n) is 2.69. The van der Waals surface area contributed by atoms with Crippen molar-refractivity contribution in [1.82, 2.24) is 4.90 Å². The smallest absolute Gasteiger partial charge is 0.196 e. The van der Waals surface area contributed by atoms with E-state index in [0.717, 1.165) is 17.9 Å². The second-order valence-electron chi connectivity index (χ2n) is 7.48. The zero-order chi connectivity index (χ0) is 17.5. The van der Waals surface area contributed by atoms with Gasteiger partial charge in [0.1, 0.15) is 0 Å². The number of nitrogens with zero attached hydrogens (tertiary/aromatic N) is 1. The van der Waals surface area contributed by atoms with Crippen LogP contribution in [-0.4, -0.2) is 43.6 Å². The number of benzene rings is 1. The van der Waals surface area contributed by atoms with Gasteiger partial charge in [0.05, 0.1) is 0 Å². The number of ketones is 1. The minimum absolute atomic E-state index is 0.194. The van der Waals surface area contributed by atoms with Crippen molar-refractivity contribution < 1.29 is 9.59 Å². The summed E-state index contributed by atoms with van der Waals surface area (Å²) in [6, 6.07) is 8.08. The van der Waals surface area contributed by atoms with Crippen LogP contribution in [0.1, 0.15) is 49.0 Å². The Morgan fingerprint density at radius 2 is 2.04 bits per heavy atom. The van der Waals surface area contributed by atoms with Crippen LogP contribution in [0.2, 0.25) is 13.1 Å². The van der Waals surface area contributed by atoms with Gasteiger partial charge in [0, 0.05) is 24.7 Å². The third-order valence-corrected chi connectivity index (χ3v) is 5.56. The molecule has 4 heteroatoms. The van der Waals surface area contributed by atoms with Gasteiger partial charge in [-0.2, -0.15) is 0 Å². The minimum Gasteiger partial charge on any atom is -0.431 e. The standard InChI is InChI=1S/C19H33NO2Si/c1-6-16(2)10-11-17-8-7-9-18(14-17)19(21)12-13-20(3)15-23(4,5)22/h7-9,14,16,22H,6,10-13,15H2,1-5H3. The second-order valence-corrected chi connectivity index (χ2v) is 11.4. The molecule has 1 atom stereocenters. The molecule has 0 bridgehead atoms. The van der Waals surface area contributed by atoms with E-state index in [0.29, 0.717) is 19.1 Å². The van der Waals surface area contributed by atoms with Crippen LogP contribution in [0, 0.1) is 5.92 Å². The Kier molecular flexibility index (Phi) is 8.16. The highest BCUT2D eigenvalue weighted by Gasteiger charge is 2.19. The third-order valence-electron chi connectivity index (χ3n) is 4.25. The summed E-state index contributed by atoms with van der Waals surface area (Å²) < 4.78 is 0. The zero-order valence-corrected chi connectivity index (χ0v) is 16.4. The maximum atomic E-state index is 12.4. The molecule has 0 aliphatic heterocycles. The highest BCUT2D eigenvalue weighted by molar-refractivity contribution is 6.69. The molecule has 0 radical (unpaired) electrons. The Balaban J connectivity index is 2.53. The normalized spacial score (nSPS) is 13.3. The van der Waals surface area contributed by atoms with Crippen LogP contribution in [-0.2, 0) is 6.42 Å². The third kappa shape index (κ3) is 8.44. The first-order chi connectivity index (χ1) is 10.7. The van der Waals surface area contributed by atoms with Gasteiger partial charge >= 0.3 is 0 Å². The summed E-state index contributed by atoms with van der Waals surface area (Å²) in [7, 11) is -0.118. The number of carbonyl (C=O) groups is 1. The fraction of sp³-hybridized carbons (Fsp3) is 0.632. The highest BCUT2D eigenvalue weighted by atomic mass is 28.4. The summed E-state index contributed by atoms with van der Waals surface area (Å²) in [5.41, 5.74) is 2.08. The van der Waals surface area contributed by atoms with Crippen molar-refractivity contribution >= 4 is 14.1 Å². The van der Waals surface area contributed by atoms with Crippen molar-refractivity contribution in [2.75, 3.05) is 19.8 Å². The number of hydrogen-bond acceptors (Lipinski definition) is 3. The topological polar surface area (TPSA) is 40.5 Å². The maximum Gasteiger partial charge on any atom is 0.196 e. The van der Waals surface area contributed by atoms with Crippen LogP contribution in [0.25, 0.3) is 0 Å². The Hall–Kier alpha value is -0.973. The molecule has 0 fully saturated rings. The number of rotatable bonds is 10. The lowest BCUT2D eigenvalue weighted by Crippen LogP contribution is -2.41. The lowest BCUT2D eigenvalue weighted by atomic mass is 9.97. The van der Waals surface area contributed by atoms with Gasteiger partial charge in [-0.15, -0.1) is 0 Å². The van der Waals surface area contributed by atoms with Crippen LogP contribution in [0.15, 0.2) is 24.3 Å². The van der Waals surface area contributed by atoms with Gasteiger partial charge in [0.25, 0.3) is 0 Å². The Morgan fingerprint density at radius 3 is 2.65 bits per heavy atom. The van der Waals surface area contributed by atoms with E-state index in [-0.39, 0.29) is 5.78 Å². The molecule has 0 heterocycles. The summed E-state index contributed by atoms with van der Waals surface area (Å²) in [4.78, 5) is 24.4. The summed E-state index contributed by atoms with van der Waals surface area (Å²) in [6.07, 6.45) is 4.63. The molecule has 1 aromatic rings. The fourth-order valence-corrected chi connectivity index (χ4v) is 4.17. The predicted molar refractivity (Wildman–Crippen MR) is 100 cm³/mol. The second kappa shape index (κ2) is 9.35. The van der Waals surface area contributed by atoms with Crippen molar-refractivity contribution in [2.24, 2.45) is 5.92 Å². The van der Waals surface area contributed by atoms with Gasteiger partial charge < -0.3 is 9.70 Å². The molecule has 0 saturated heterocycles. The molecular weight excluding hydrogens is 302 g/mol. The summed E-state index contributed by atoms with van der Waals surface area (Å²) in [5.74, 6) is 0.925. The van der Waals surface area contributed by atoms with Crippen LogP contribution < -0.4 is 0 Å². The average molecular weight is 336 g/mol. The van der Waals surface area contributed by atoms with Gasteiger partial charge in [-0.25, -0.2) is 0 Å². The Morgan fingerprint density at radius 1 is 1.35 bits per heavy atom. The molecule has 1 rings (SSSR count). The van der Waals surface area contributed by atoms with Crippen LogP contribution >= 0.6 is 0 Å². The lowest BCUT2D eigenvalue weighted by Gasteiger charge is -2.23. The van der Waals surface area contributed by atoms with Crippen LogP contribution in [0.4, 0.5) is 0 Å². The molecule has 0 aliphatic carbocycles. The molecule has 130 valence electrons. The van der Waals surface area contributed by atoms with E-state index in [1.165, 1.54) is 18.4 Å². The minimum atomic E-state index is -2.09. The van der Waals surface area contributed by atoms with Gasteiger partial charge in [0.2, 0.25) is 0 Å². The average Bonchev–Trinajstić information content (AvgIpc) is 2.48.